The molecule has 0 saturated carbocycles. The van der Waals surface area contributed by atoms with Gasteiger partial charge in [-0.3, -0.25) is 4.79 Å². The molecule has 0 saturated heterocycles. The van der Waals surface area contributed by atoms with E-state index in [-0.39, 0.29) is 18.9 Å². The van der Waals surface area contributed by atoms with Crippen molar-refractivity contribution in [2.75, 3.05) is 24.7 Å². The van der Waals surface area contributed by atoms with Crippen molar-refractivity contribution < 1.29 is 14.3 Å². The van der Waals surface area contributed by atoms with Crippen LogP contribution >= 0.6 is 15.9 Å². The van der Waals surface area contributed by atoms with Gasteiger partial charge in [0.1, 0.15) is 11.5 Å². The Kier molecular flexibility index (Phi) is 7.30. The molecule has 1 amide bonds. The van der Waals surface area contributed by atoms with E-state index >= 15 is 0 Å². The molecule has 0 aliphatic heterocycles. The maximum absolute atomic E-state index is 12.6. The van der Waals surface area contributed by atoms with Crippen LogP contribution < -0.4 is 14.4 Å². The predicted octanol–water partition coefficient (Wildman–Crippen LogP) is 4.17. The average Bonchev–Trinajstić information content (AvgIpc) is 2.62. The molecule has 2 rings (SSSR count). The van der Waals surface area contributed by atoms with Crippen molar-refractivity contribution in [2.45, 2.75) is 13.3 Å². The van der Waals surface area contributed by atoms with Crippen LogP contribution in [-0.4, -0.2) is 25.7 Å². The SMILES string of the molecule is CCOc1ccc(N(CCC#N)C(=O)COc2cccc(Br)c2)cc1. The van der Waals surface area contributed by atoms with Crippen molar-refractivity contribution in [3.05, 3.63) is 53.0 Å². The van der Waals surface area contributed by atoms with Gasteiger partial charge in [0.05, 0.1) is 19.1 Å². The van der Waals surface area contributed by atoms with Crippen LogP contribution in [0, 0.1) is 11.3 Å². The van der Waals surface area contributed by atoms with Crippen LogP contribution in [0.4, 0.5) is 5.69 Å². The van der Waals surface area contributed by atoms with Gasteiger partial charge in [-0.2, -0.15) is 5.26 Å². The van der Waals surface area contributed by atoms with Crippen LogP contribution in [0.25, 0.3) is 0 Å². The Balaban J connectivity index is 2.07. The summed E-state index contributed by atoms with van der Waals surface area (Å²) >= 11 is 3.37. The molecule has 6 heteroatoms. The quantitative estimate of drug-likeness (QED) is 0.664. The first kappa shape index (κ1) is 18.8. The Morgan fingerprint density at radius 3 is 2.56 bits per heavy atom. The van der Waals surface area contributed by atoms with E-state index in [9.17, 15) is 4.79 Å². The van der Waals surface area contributed by atoms with Gasteiger partial charge in [0.25, 0.3) is 5.91 Å². The summed E-state index contributed by atoms with van der Waals surface area (Å²) in [5.74, 6) is 1.14. The fourth-order valence-electron chi connectivity index (χ4n) is 2.23. The van der Waals surface area contributed by atoms with Crippen LogP contribution in [0.15, 0.2) is 53.0 Å². The highest BCUT2D eigenvalue weighted by Crippen LogP contribution is 2.21. The summed E-state index contributed by atoms with van der Waals surface area (Å²) in [6.45, 7) is 2.70. The highest BCUT2D eigenvalue weighted by atomic mass is 79.9. The van der Waals surface area contributed by atoms with E-state index in [0.717, 1.165) is 10.2 Å². The molecular weight excluding hydrogens is 384 g/mol. The van der Waals surface area contributed by atoms with Crippen LogP contribution in [0.2, 0.25) is 0 Å². The topological polar surface area (TPSA) is 62.6 Å². The zero-order valence-corrected chi connectivity index (χ0v) is 15.5. The maximum atomic E-state index is 12.6. The van der Waals surface area contributed by atoms with E-state index in [1.54, 1.807) is 41.3 Å². The van der Waals surface area contributed by atoms with E-state index < -0.39 is 0 Å². The van der Waals surface area contributed by atoms with Crippen molar-refractivity contribution in [1.82, 2.24) is 0 Å². The molecule has 0 heterocycles. The molecule has 0 aliphatic carbocycles. The first-order valence-electron chi connectivity index (χ1n) is 7.92. The van der Waals surface area contributed by atoms with Gasteiger partial charge >= 0.3 is 0 Å². The zero-order chi connectivity index (χ0) is 18.1. The van der Waals surface area contributed by atoms with Crippen LogP contribution in [-0.2, 0) is 4.79 Å². The van der Waals surface area contributed by atoms with Gasteiger partial charge in [0, 0.05) is 16.7 Å². The van der Waals surface area contributed by atoms with Gasteiger partial charge in [0.2, 0.25) is 0 Å². The fourth-order valence-corrected chi connectivity index (χ4v) is 2.61. The normalized spacial score (nSPS) is 9.96. The van der Waals surface area contributed by atoms with E-state index in [1.165, 1.54) is 0 Å². The van der Waals surface area contributed by atoms with Crippen LogP contribution in [0.1, 0.15) is 13.3 Å². The zero-order valence-electron chi connectivity index (χ0n) is 13.9. The molecule has 0 unspecified atom stereocenters. The van der Waals surface area contributed by atoms with Gasteiger partial charge in [-0.15, -0.1) is 0 Å². The second kappa shape index (κ2) is 9.70. The lowest BCUT2D eigenvalue weighted by atomic mass is 10.2. The number of hydrogen-bond acceptors (Lipinski definition) is 4. The number of benzene rings is 2. The number of nitrogens with zero attached hydrogens (tertiary/aromatic N) is 2. The summed E-state index contributed by atoms with van der Waals surface area (Å²) < 4.78 is 11.9. The number of nitriles is 1. The number of halogens is 1. The third-order valence-corrected chi connectivity index (χ3v) is 3.86. The Labute approximate surface area is 155 Å². The minimum absolute atomic E-state index is 0.102. The van der Waals surface area contributed by atoms with Gasteiger partial charge in [-0.25, -0.2) is 0 Å². The number of rotatable bonds is 8. The second-order valence-electron chi connectivity index (χ2n) is 5.13. The number of hydrogen-bond donors (Lipinski definition) is 0. The minimum Gasteiger partial charge on any atom is -0.494 e. The number of amides is 1. The standard InChI is InChI=1S/C19H19BrN2O3/c1-2-24-17-9-7-16(8-10-17)22(12-4-11-21)19(23)14-25-18-6-3-5-15(20)13-18/h3,5-10,13H,2,4,12,14H2,1H3. The molecule has 0 N–H and O–H groups in total. The molecule has 0 spiro atoms. The van der Waals surface area contributed by atoms with E-state index in [1.807, 2.05) is 19.1 Å². The summed E-state index contributed by atoms with van der Waals surface area (Å²) in [5.41, 5.74) is 0.710. The third-order valence-electron chi connectivity index (χ3n) is 3.37. The number of anilines is 1. The van der Waals surface area contributed by atoms with Gasteiger partial charge < -0.3 is 14.4 Å². The molecule has 5 nitrogen and oxygen atoms in total. The second-order valence-corrected chi connectivity index (χ2v) is 6.04. The summed E-state index contributed by atoms with van der Waals surface area (Å²) in [6.07, 6.45) is 0.246. The summed E-state index contributed by atoms with van der Waals surface area (Å²) in [4.78, 5) is 14.1. The molecular formula is C19H19BrN2O3. The highest BCUT2D eigenvalue weighted by molar-refractivity contribution is 9.10. The molecule has 0 atom stereocenters. The molecule has 0 aliphatic rings. The van der Waals surface area contributed by atoms with E-state index in [0.29, 0.717) is 24.6 Å². The molecule has 0 bridgehead atoms. The van der Waals surface area contributed by atoms with Gasteiger partial charge in [0.15, 0.2) is 6.61 Å². The maximum Gasteiger partial charge on any atom is 0.264 e. The predicted molar refractivity (Wildman–Crippen MR) is 99.8 cm³/mol. The van der Waals surface area contributed by atoms with Crippen LogP contribution in [0.3, 0.4) is 0 Å². The van der Waals surface area contributed by atoms with Crippen molar-refractivity contribution >= 4 is 27.5 Å². The van der Waals surface area contributed by atoms with Gasteiger partial charge in [-0.05, 0) is 49.4 Å². The molecule has 0 aromatic heterocycles. The van der Waals surface area contributed by atoms with Crippen molar-refractivity contribution in [3.63, 3.8) is 0 Å². The first-order chi connectivity index (χ1) is 12.1. The summed E-state index contributed by atoms with van der Waals surface area (Å²) in [5, 5.41) is 8.85. The molecule has 130 valence electrons. The molecule has 2 aromatic carbocycles. The monoisotopic (exact) mass is 402 g/mol. The van der Waals surface area contributed by atoms with Crippen molar-refractivity contribution in [2.24, 2.45) is 0 Å². The smallest absolute Gasteiger partial charge is 0.264 e. The Morgan fingerprint density at radius 2 is 1.92 bits per heavy atom. The van der Waals surface area contributed by atoms with Crippen molar-refractivity contribution in [1.29, 1.82) is 5.26 Å². The van der Waals surface area contributed by atoms with E-state index in [4.69, 9.17) is 14.7 Å². The highest BCUT2D eigenvalue weighted by Gasteiger charge is 2.16. The largest absolute Gasteiger partial charge is 0.494 e. The first-order valence-corrected chi connectivity index (χ1v) is 8.72. The molecule has 25 heavy (non-hydrogen) atoms. The Bertz CT molecular complexity index is 741. The molecule has 0 radical (unpaired) electrons. The molecule has 2 aromatic rings. The third kappa shape index (κ3) is 5.80. The number of ether oxygens (including phenoxy) is 2. The van der Waals surface area contributed by atoms with Gasteiger partial charge in [-0.1, -0.05) is 22.0 Å². The lowest BCUT2D eigenvalue weighted by Crippen LogP contribution is -2.35. The Morgan fingerprint density at radius 1 is 1.16 bits per heavy atom. The Hall–Kier alpha value is -2.52. The van der Waals surface area contributed by atoms with Crippen molar-refractivity contribution in [3.8, 4) is 17.6 Å². The summed E-state index contributed by atoms with van der Waals surface area (Å²) in [6, 6.07) is 16.6. The van der Waals surface area contributed by atoms with Crippen LogP contribution in [0.5, 0.6) is 11.5 Å². The summed E-state index contributed by atoms with van der Waals surface area (Å²) in [7, 11) is 0. The lowest BCUT2D eigenvalue weighted by molar-refractivity contribution is -0.120. The lowest BCUT2D eigenvalue weighted by Gasteiger charge is -2.22. The fraction of sp³-hybridized carbons (Fsp3) is 0.263. The molecule has 0 fully saturated rings. The van der Waals surface area contributed by atoms with E-state index in [2.05, 4.69) is 22.0 Å². The minimum atomic E-state index is -0.209. The number of carbonyl (C=O) groups excluding carboxylic acids is 1. The average molecular weight is 403 g/mol. The number of carbonyl (C=O) groups is 1.